The van der Waals surface area contributed by atoms with Crippen molar-refractivity contribution in [1.82, 2.24) is 10.3 Å². The number of nitrogens with one attached hydrogen (secondary N) is 1. The second kappa shape index (κ2) is 10.2. The van der Waals surface area contributed by atoms with E-state index in [4.69, 9.17) is 9.57 Å². The van der Waals surface area contributed by atoms with Crippen LogP contribution in [0.3, 0.4) is 0 Å². The molecule has 1 heterocycles. The summed E-state index contributed by atoms with van der Waals surface area (Å²) < 4.78 is 7.08. The molecule has 1 aromatic carbocycles. The lowest BCUT2D eigenvalue weighted by molar-refractivity contribution is -0.126. The Bertz CT molecular complexity index is 926. The fourth-order valence-electron chi connectivity index (χ4n) is 2.68. The molecule has 2 aromatic rings. The second-order valence-electron chi connectivity index (χ2n) is 8.72. The zero-order valence-corrected chi connectivity index (χ0v) is 21.6. The van der Waals surface area contributed by atoms with Crippen LogP contribution in [0, 0.1) is 10.5 Å². The maximum Gasteiger partial charge on any atom is 0.272 e. The van der Waals surface area contributed by atoms with Crippen molar-refractivity contribution in [2.45, 2.75) is 64.5 Å². The third-order valence-corrected chi connectivity index (χ3v) is 5.38. The monoisotopic (exact) mass is 543 g/mol. The van der Waals surface area contributed by atoms with E-state index in [0.29, 0.717) is 12.2 Å². The zero-order valence-electron chi connectivity index (χ0n) is 18.6. The number of oxime groups is 1. The first-order chi connectivity index (χ1) is 13.9. The van der Waals surface area contributed by atoms with Gasteiger partial charge in [0.25, 0.3) is 5.91 Å². The largest absolute Gasteiger partial charge is 0.470 e. The molecule has 0 radical (unpaired) electrons. The van der Waals surface area contributed by atoms with Gasteiger partial charge < -0.3 is 14.9 Å². The van der Waals surface area contributed by atoms with Crippen molar-refractivity contribution in [3.8, 4) is 5.75 Å². The Morgan fingerprint density at radius 3 is 2.63 bits per heavy atom. The highest BCUT2D eigenvalue weighted by Gasteiger charge is 2.26. The number of rotatable bonds is 8. The van der Waals surface area contributed by atoms with Gasteiger partial charge >= 0.3 is 0 Å². The summed E-state index contributed by atoms with van der Waals surface area (Å²) >= 11 is 3.59. The first-order valence-electron chi connectivity index (χ1n) is 9.67. The molecule has 1 aromatic heterocycles. The van der Waals surface area contributed by atoms with Gasteiger partial charge in [0.1, 0.15) is 11.4 Å². The van der Waals surface area contributed by atoms with Crippen LogP contribution < -0.4 is 10.1 Å². The molecule has 0 aliphatic heterocycles. The summed E-state index contributed by atoms with van der Waals surface area (Å²) in [5, 5.41) is 8.03. The number of carbonyl (C=O) groups is 1. The Morgan fingerprint density at radius 1 is 1.30 bits per heavy atom. The predicted octanol–water partition coefficient (Wildman–Crippen LogP) is 5.30. The molecule has 0 spiro atoms. The molecule has 1 unspecified atom stereocenters. The van der Waals surface area contributed by atoms with Crippen molar-refractivity contribution < 1.29 is 14.4 Å². The molecule has 0 aliphatic rings. The number of hydrogen-bond acceptors (Lipinski definition) is 6. The van der Waals surface area contributed by atoms with Gasteiger partial charge in [0.05, 0.1) is 5.52 Å². The summed E-state index contributed by atoms with van der Waals surface area (Å²) in [5.74, 6) is 0.465. The maximum absolute atomic E-state index is 12.8. The van der Waals surface area contributed by atoms with Gasteiger partial charge in [-0.15, -0.1) is 11.8 Å². The molecule has 0 aliphatic carbocycles. The second-order valence-corrected chi connectivity index (χ2v) is 10.9. The summed E-state index contributed by atoms with van der Waals surface area (Å²) in [4.78, 5) is 22.7. The first-order valence-corrected chi connectivity index (χ1v) is 12.0. The van der Waals surface area contributed by atoms with Crippen LogP contribution in [0.5, 0.6) is 5.75 Å². The molecule has 164 valence electrons. The number of halogens is 1. The van der Waals surface area contributed by atoms with E-state index < -0.39 is 11.0 Å². The number of amides is 1. The molecule has 1 amide bonds. The van der Waals surface area contributed by atoms with Gasteiger partial charge in [-0.1, -0.05) is 5.16 Å². The van der Waals surface area contributed by atoms with Crippen LogP contribution in [-0.2, 0) is 9.63 Å². The molecule has 0 saturated heterocycles. The standard InChI is InChI=1S/C22H30IN3O3S/c1-14-10-17(12-15-11-16(23)13-24-18(14)15)28-20(30-7)19(27)26-22(5,6)8-9-25-29-21(2,3)4/h9-13,20H,8H2,1-7H3,(H,26,27). The summed E-state index contributed by atoms with van der Waals surface area (Å²) in [6, 6.07) is 5.90. The van der Waals surface area contributed by atoms with Crippen molar-refractivity contribution in [2.75, 3.05) is 6.26 Å². The fraction of sp³-hybridized carbons (Fsp3) is 0.500. The summed E-state index contributed by atoms with van der Waals surface area (Å²) in [7, 11) is 0. The topological polar surface area (TPSA) is 72.8 Å². The molecule has 0 saturated carbocycles. The minimum Gasteiger partial charge on any atom is -0.470 e. The van der Waals surface area contributed by atoms with E-state index in [1.807, 2.05) is 66.1 Å². The number of benzene rings is 1. The number of aromatic nitrogens is 1. The van der Waals surface area contributed by atoms with Gasteiger partial charge in [-0.05, 0) is 94.2 Å². The van der Waals surface area contributed by atoms with Crippen LogP contribution in [0.15, 0.2) is 29.6 Å². The minimum absolute atomic E-state index is 0.184. The van der Waals surface area contributed by atoms with Crippen LogP contribution in [-0.4, -0.2) is 39.9 Å². The summed E-state index contributed by atoms with van der Waals surface area (Å²) in [6.07, 6.45) is 5.91. The average Bonchev–Trinajstić information content (AvgIpc) is 2.61. The minimum atomic E-state index is -0.667. The van der Waals surface area contributed by atoms with Crippen LogP contribution in [0.4, 0.5) is 0 Å². The van der Waals surface area contributed by atoms with E-state index >= 15 is 0 Å². The normalized spacial score (nSPS) is 13.5. The summed E-state index contributed by atoms with van der Waals surface area (Å²) in [6.45, 7) is 11.7. The number of nitrogens with zero attached hydrogens (tertiary/aromatic N) is 2. The highest BCUT2D eigenvalue weighted by molar-refractivity contribution is 14.1. The van der Waals surface area contributed by atoms with Gasteiger partial charge in [0, 0.05) is 33.3 Å². The molecule has 1 atom stereocenters. The highest BCUT2D eigenvalue weighted by Crippen LogP contribution is 2.27. The quantitative estimate of drug-likeness (QED) is 0.212. The Balaban J connectivity index is 2.06. The van der Waals surface area contributed by atoms with Crippen LogP contribution in [0.1, 0.15) is 46.6 Å². The molecule has 0 fully saturated rings. The lowest BCUT2D eigenvalue weighted by Crippen LogP contribution is -2.48. The number of thioether (sulfide) groups is 1. The van der Waals surface area contributed by atoms with Crippen molar-refractivity contribution in [2.24, 2.45) is 5.16 Å². The van der Waals surface area contributed by atoms with Gasteiger partial charge in [-0.25, -0.2) is 0 Å². The Kier molecular flexibility index (Phi) is 8.38. The Morgan fingerprint density at radius 2 is 2.00 bits per heavy atom. The van der Waals surface area contributed by atoms with Crippen LogP contribution in [0.25, 0.3) is 10.9 Å². The molecule has 1 N–H and O–H groups in total. The summed E-state index contributed by atoms with van der Waals surface area (Å²) in [5.41, 5.74) is 0.450. The molecule has 6 nitrogen and oxygen atoms in total. The lowest BCUT2D eigenvalue weighted by Gasteiger charge is -2.27. The van der Waals surface area contributed by atoms with Crippen LogP contribution in [0.2, 0.25) is 0 Å². The first kappa shape index (κ1) is 24.7. The molecule has 8 heteroatoms. The van der Waals surface area contributed by atoms with Gasteiger partial charge in [-0.3, -0.25) is 9.78 Å². The molecule has 2 rings (SSSR count). The van der Waals surface area contributed by atoms with E-state index in [9.17, 15) is 4.79 Å². The highest BCUT2D eigenvalue weighted by atomic mass is 127. The molecular weight excluding hydrogens is 513 g/mol. The number of hydrogen-bond donors (Lipinski definition) is 1. The Hall–Kier alpha value is -1.55. The van der Waals surface area contributed by atoms with E-state index in [2.05, 4.69) is 44.1 Å². The average molecular weight is 543 g/mol. The van der Waals surface area contributed by atoms with Gasteiger partial charge in [0.2, 0.25) is 5.44 Å². The Labute approximate surface area is 196 Å². The SMILES string of the molecule is CSC(Oc1cc(C)c2ncc(I)cc2c1)C(=O)NC(C)(C)CC=NOC(C)(C)C. The number of ether oxygens (including phenoxy) is 1. The van der Waals surface area contributed by atoms with Gasteiger partial charge in [-0.2, -0.15) is 0 Å². The van der Waals surface area contributed by atoms with Crippen molar-refractivity contribution in [3.05, 3.63) is 33.5 Å². The third kappa shape index (κ3) is 7.61. The van der Waals surface area contributed by atoms with E-state index in [1.54, 1.807) is 6.21 Å². The number of aryl methyl sites for hydroxylation is 1. The molecular formula is C22H30IN3O3S. The van der Waals surface area contributed by atoms with E-state index in [1.165, 1.54) is 11.8 Å². The molecule has 0 bridgehead atoms. The van der Waals surface area contributed by atoms with Crippen molar-refractivity contribution in [3.63, 3.8) is 0 Å². The zero-order chi connectivity index (χ0) is 22.5. The number of carbonyl (C=O) groups excluding carboxylic acids is 1. The third-order valence-electron chi connectivity index (χ3n) is 4.05. The maximum atomic E-state index is 12.8. The van der Waals surface area contributed by atoms with E-state index in [-0.39, 0.29) is 11.5 Å². The molecule has 30 heavy (non-hydrogen) atoms. The lowest BCUT2D eigenvalue weighted by atomic mass is 10.0. The van der Waals surface area contributed by atoms with Crippen molar-refractivity contribution >= 4 is 57.4 Å². The smallest absolute Gasteiger partial charge is 0.272 e. The fourth-order valence-corrected chi connectivity index (χ4v) is 3.63. The number of fused-ring (bicyclic) bond motifs is 1. The number of pyridine rings is 1. The van der Waals surface area contributed by atoms with Crippen molar-refractivity contribution in [1.29, 1.82) is 0 Å². The predicted molar refractivity (Wildman–Crippen MR) is 133 cm³/mol. The van der Waals surface area contributed by atoms with E-state index in [0.717, 1.165) is 20.0 Å². The van der Waals surface area contributed by atoms with Crippen LogP contribution >= 0.6 is 34.4 Å². The van der Waals surface area contributed by atoms with Gasteiger partial charge in [0.15, 0.2) is 0 Å².